The summed E-state index contributed by atoms with van der Waals surface area (Å²) >= 11 is 0. The van der Waals surface area contributed by atoms with Gasteiger partial charge in [-0.15, -0.1) is 0 Å². The second-order valence-electron chi connectivity index (χ2n) is 7.50. The first-order chi connectivity index (χ1) is 13.2. The molecule has 0 saturated carbocycles. The van der Waals surface area contributed by atoms with E-state index in [0.717, 1.165) is 19.3 Å². The molecule has 0 aromatic heterocycles. The van der Waals surface area contributed by atoms with Crippen LogP contribution in [0, 0.1) is 0 Å². The SMILES string of the molecule is CCCCCCCCCCCCCCC(O)[C@@H](O)C(CO)NC(=O)C(F)(F)F. The van der Waals surface area contributed by atoms with Gasteiger partial charge in [-0.2, -0.15) is 13.2 Å². The maximum Gasteiger partial charge on any atom is 0.471 e. The maximum absolute atomic E-state index is 12.2. The molecule has 168 valence electrons. The van der Waals surface area contributed by atoms with Crippen molar-refractivity contribution in [3.63, 3.8) is 0 Å². The van der Waals surface area contributed by atoms with Crippen molar-refractivity contribution in [3.8, 4) is 0 Å². The van der Waals surface area contributed by atoms with Gasteiger partial charge in [0, 0.05) is 0 Å². The van der Waals surface area contributed by atoms with Crippen LogP contribution in [0.1, 0.15) is 90.4 Å². The highest BCUT2D eigenvalue weighted by Gasteiger charge is 2.41. The molecule has 0 aromatic carbocycles. The average molecular weight is 414 g/mol. The molecule has 2 unspecified atom stereocenters. The minimum atomic E-state index is -5.10. The lowest BCUT2D eigenvalue weighted by molar-refractivity contribution is -0.176. The van der Waals surface area contributed by atoms with Gasteiger partial charge in [-0.25, -0.2) is 0 Å². The first-order valence-electron chi connectivity index (χ1n) is 10.6. The van der Waals surface area contributed by atoms with Crippen LogP contribution in [0.25, 0.3) is 0 Å². The maximum atomic E-state index is 12.2. The quantitative estimate of drug-likeness (QED) is 0.273. The van der Waals surface area contributed by atoms with Crippen LogP contribution >= 0.6 is 0 Å². The Balaban J connectivity index is 3.78. The Kier molecular flexibility index (Phi) is 15.5. The van der Waals surface area contributed by atoms with E-state index in [4.69, 9.17) is 5.11 Å². The van der Waals surface area contributed by atoms with Crippen LogP contribution in [0.15, 0.2) is 0 Å². The summed E-state index contributed by atoms with van der Waals surface area (Å²) in [6, 6.07) is -1.55. The van der Waals surface area contributed by atoms with Gasteiger partial charge >= 0.3 is 12.1 Å². The summed E-state index contributed by atoms with van der Waals surface area (Å²) in [5.41, 5.74) is 0. The number of aliphatic hydroxyl groups excluding tert-OH is 3. The third-order valence-corrected chi connectivity index (χ3v) is 4.93. The van der Waals surface area contributed by atoms with Gasteiger partial charge in [0.1, 0.15) is 6.10 Å². The molecule has 0 aliphatic heterocycles. The van der Waals surface area contributed by atoms with Crippen LogP contribution in [0.2, 0.25) is 0 Å². The molecule has 0 bridgehead atoms. The first-order valence-corrected chi connectivity index (χ1v) is 10.6. The fourth-order valence-corrected chi connectivity index (χ4v) is 3.12. The minimum absolute atomic E-state index is 0.205. The van der Waals surface area contributed by atoms with Gasteiger partial charge in [0.15, 0.2) is 0 Å². The van der Waals surface area contributed by atoms with Gasteiger partial charge in [0.25, 0.3) is 0 Å². The molecule has 3 atom stereocenters. The van der Waals surface area contributed by atoms with Gasteiger partial charge < -0.3 is 20.6 Å². The molecule has 0 aromatic rings. The Bertz CT molecular complexity index is 394. The van der Waals surface area contributed by atoms with Crippen molar-refractivity contribution in [1.82, 2.24) is 5.32 Å². The molecule has 1 amide bonds. The van der Waals surface area contributed by atoms with Gasteiger partial charge in [0.05, 0.1) is 18.8 Å². The van der Waals surface area contributed by atoms with Crippen LogP contribution in [0.5, 0.6) is 0 Å². The summed E-state index contributed by atoms with van der Waals surface area (Å²) in [4.78, 5) is 10.9. The lowest BCUT2D eigenvalue weighted by Gasteiger charge is -2.26. The summed E-state index contributed by atoms with van der Waals surface area (Å²) < 4.78 is 36.7. The van der Waals surface area contributed by atoms with Gasteiger partial charge in [0.2, 0.25) is 0 Å². The standard InChI is InChI=1S/C20H38F3NO4/c1-2-3-4-5-6-7-8-9-10-11-12-13-14-17(26)18(27)16(15-25)24-19(28)20(21,22)23/h16-18,25-27H,2-15H2,1H3,(H,24,28)/t16?,17?,18-/m0/s1. The van der Waals surface area contributed by atoms with E-state index in [1.165, 1.54) is 56.7 Å². The van der Waals surface area contributed by atoms with Crippen molar-refractivity contribution in [2.75, 3.05) is 6.61 Å². The van der Waals surface area contributed by atoms with E-state index in [0.29, 0.717) is 6.42 Å². The second kappa shape index (κ2) is 16.0. The largest absolute Gasteiger partial charge is 0.471 e. The third-order valence-electron chi connectivity index (χ3n) is 4.93. The summed E-state index contributed by atoms with van der Waals surface area (Å²) in [5, 5.41) is 30.4. The topological polar surface area (TPSA) is 89.8 Å². The zero-order valence-corrected chi connectivity index (χ0v) is 17.0. The Morgan fingerprint density at radius 2 is 1.29 bits per heavy atom. The molecule has 28 heavy (non-hydrogen) atoms. The van der Waals surface area contributed by atoms with Gasteiger partial charge in [-0.3, -0.25) is 4.79 Å². The van der Waals surface area contributed by atoms with Gasteiger partial charge in [-0.05, 0) is 6.42 Å². The zero-order valence-electron chi connectivity index (χ0n) is 17.0. The normalized spacial score (nSPS) is 15.2. The molecule has 5 nitrogen and oxygen atoms in total. The lowest BCUT2D eigenvalue weighted by atomic mass is 9.99. The molecule has 0 heterocycles. The Hall–Kier alpha value is -0.860. The Labute approximate surface area is 166 Å². The molecular weight excluding hydrogens is 375 g/mol. The van der Waals surface area contributed by atoms with Crippen LogP contribution < -0.4 is 5.32 Å². The number of hydrogen-bond donors (Lipinski definition) is 4. The first kappa shape index (κ1) is 27.1. The number of alkyl halides is 3. The summed E-state index contributed by atoms with van der Waals surface area (Å²) in [7, 11) is 0. The minimum Gasteiger partial charge on any atom is -0.394 e. The molecule has 0 fully saturated rings. The Morgan fingerprint density at radius 1 is 0.857 bits per heavy atom. The molecule has 0 saturated heterocycles. The van der Waals surface area contributed by atoms with Crippen LogP contribution in [0.4, 0.5) is 13.2 Å². The summed E-state index contributed by atoms with van der Waals surface area (Å²) in [6.07, 6.45) is 5.92. The van der Waals surface area contributed by atoms with Crippen LogP contribution in [-0.4, -0.2) is 52.3 Å². The monoisotopic (exact) mass is 413 g/mol. The predicted molar refractivity (Wildman–Crippen MR) is 103 cm³/mol. The molecule has 0 aliphatic carbocycles. The van der Waals surface area contributed by atoms with Crippen LogP contribution in [-0.2, 0) is 4.79 Å². The van der Waals surface area contributed by atoms with E-state index in [1.807, 2.05) is 0 Å². The van der Waals surface area contributed by atoms with Crippen molar-refractivity contribution in [3.05, 3.63) is 0 Å². The van der Waals surface area contributed by atoms with Gasteiger partial charge in [-0.1, -0.05) is 84.0 Å². The third kappa shape index (κ3) is 13.3. The highest BCUT2D eigenvalue weighted by atomic mass is 19.4. The molecular formula is C20H38F3NO4. The fourth-order valence-electron chi connectivity index (χ4n) is 3.12. The smallest absolute Gasteiger partial charge is 0.394 e. The number of aliphatic hydroxyl groups is 3. The van der Waals surface area contributed by atoms with Crippen molar-refractivity contribution < 1.29 is 33.3 Å². The molecule has 0 aliphatic rings. The van der Waals surface area contributed by atoms with E-state index < -0.39 is 36.9 Å². The average Bonchev–Trinajstić information content (AvgIpc) is 2.65. The zero-order chi connectivity index (χ0) is 21.4. The van der Waals surface area contributed by atoms with Crippen LogP contribution in [0.3, 0.4) is 0 Å². The second-order valence-corrected chi connectivity index (χ2v) is 7.50. The van der Waals surface area contributed by atoms with E-state index in [-0.39, 0.29) is 6.42 Å². The number of halogens is 3. The van der Waals surface area contributed by atoms with Crippen molar-refractivity contribution in [2.24, 2.45) is 0 Å². The summed E-state index contributed by atoms with van der Waals surface area (Å²) in [5.74, 6) is -2.25. The van der Waals surface area contributed by atoms with E-state index in [1.54, 1.807) is 0 Å². The van der Waals surface area contributed by atoms with Crippen molar-refractivity contribution >= 4 is 5.91 Å². The number of hydrogen-bond acceptors (Lipinski definition) is 4. The molecule has 0 radical (unpaired) electrons. The molecule has 0 spiro atoms. The molecule has 4 N–H and O–H groups in total. The lowest BCUT2D eigenvalue weighted by Crippen LogP contribution is -2.53. The number of unbranched alkanes of at least 4 members (excludes halogenated alkanes) is 11. The number of carbonyl (C=O) groups excluding carboxylic acids is 1. The van der Waals surface area contributed by atoms with E-state index in [9.17, 15) is 28.2 Å². The highest BCUT2D eigenvalue weighted by molar-refractivity contribution is 5.82. The van der Waals surface area contributed by atoms with Crippen molar-refractivity contribution in [1.29, 1.82) is 0 Å². The fraction of sp³-hybridized carbons (Fsp3) is 0.950. The number of carbonyl (C=O) groups is 1. The summed E-state index contributed by atoms with van der Waals surface area (Å²) in [6.45, 7) is 1.31. The predicted octanol–water partition coefficient (Wildman–Crippen LogP) is 3.84. The number of nitrogens with one attached hydrogen (secondary N) is 1. The van der Waals surface area contributed by atoms with Crippen molar-refractivity contribution in [2.45, 2.75) is 115 Å². The molecule has 8 heteroatoms. The number of amides is 1. The molecule has 0 rings (SSSR count). The number of rotatable bonds is 17. The Morgan fingerprint density at radius 3 is 1.68 bits per heavy atom. The van der Waals surface area contributed by atoms with E-state index >= 15 is 0 Å². The van der Waals surface area contributed by atoms with E-state index in [2.05, 4.69) is 6.92 Å². The highest BCUT2D eigenvalue weighted by Crippen LogP contribution is 2.17.